The lowest BCUT2D eigenvalue weighted by Gasteiger charge is -2.28. The maximum absolute atomic E-state index is 11.4. The van der Waals surface area contributed by atoms with Gasteiger partial charge in [-0.3, -0.25) is 4.40 Å². The average molecular weight is 261 g/mol. The summed E-state index contributed by atoms with van der Waals surface area (Å²) in [5.74, 6) is -0.566. The van der Waals surface area contributed by atoms with Crippen LogP contribution in [0.1, 0.15) is 38.2 Å². The molecule has 0 aliphatic heterocycles. The zero-order chi connectivity index (χ0) is 14.2. The number of fused-ring (bicyclic) bond motifs is 1. The molecule has 0 amide bonds. The predicted molar refractivity (Wildman–Crippen MR) is 74.7 cm³/mol. The number of carboxylic acids is 1. The van der Waals surface area contributed by atoms with Crippen molar-refractivity contribution in [1.29, 1.82) is 0 Å². The molecule has 2 aromatic heterocycles. The summed E-state index contributed by atoms with van der Waals surface area (Å²) in [7, 11) is 0. The summed E-state index contributed by atoms with van der Waals surface area (Å²) >= 11 is 0. The van der Waals surface area contributed by atoms with Crippen molar-refractivity contribution in [2.75, 3.05) is 5.32 Å². The summed E-state index contributed by atoms with van der Waals surface area (Å²) in [6.45, 7) is 8.32. The summed E-state index contributed by atoms with van der Waals surface area (Å²) in [6, 6.07) is 5.53. The lowest BCUT2D eigenvalue weighted by Crippen LogP contribution is -2.31. The maximum atomic E-state index is 11.4. The van der Waals surface area contributed by atoms with Gasteiger partial charge in [-0.15, -0.1) is 0 Å². The highest BCUT2D eigenvalue weighted by Crippen LogP contribution is 2.25. The Morgan fingerprint density at radius 3 is 2.68 bits per heavy atom. The predicted octanol–water partition coefficient (Wildman–Crippen LogP) is 2.88. The van der Waals surface area contributed by atoms with Crippen LogP contribution in [0.5, 0.6) is 0 Å². The largest absolute Gasteiger partial charge is 0.476 e. The van der Waals surface area contributed by atoms with Gasteiger partial charge in [0, 0.05) is 12.2 Å². The molecule has 1 unspecified atom stereocenters. The second kappa shape index (κ2) is 4.57. The molecule has 0 aromatic carbocycles. The molecule has 1 atom stereocenters. The third-order valence-electron chi connectivity index (χ3n) is 3.38. The first kappa shape index (κ1) is 13.4. The minimum absolute atomic E-state index is 0.0194. The van der Waals surface area contributed by atoms with Gasteiger partial charge in [0.2, 0.25) is 0 Å². The molecule has 0 saturated heterocycles. The molecular formula is C14H19N3O2. The standard InChI is InChI=1S/C14H19N3O2/c1-9(14(2,3)4)15-12-11(13(18)19)17-8-6-5-7-10(17)16-12/h5-9,15H,1-4H3,(H,18,19). The van der Waals surface area contributed by atoms with E-state index in [1.807, 2.05) is 13.0 Å². The van der Waals surface area contributed by atoms with Gasteiger partial charge < -0.3 is 10.4 Å². The smallest absolute Gasteiger partial charge is 0.356 e. The quantitative estimate of drug-likeness (QED) is 0.891. The van der Waals surface area contributed by atoms with E-state index in [1.54, 1.807) is 22.7 Å². The Balaban J connectivity index is 2.48. The van der Waals surface area contributed by atoms with Gasteiger partial charge in [-0.2, -0.15) is 0 Å². The van der Waals surface area contributed by atoms with Gasteiger partial charge in [0.05, 0.1) is 0 Å². The van der Waals surface area contributed by atoms with Crippen LogP contribution in [0.2, 0.25) is 0 Å². The molecule has 2 aromatic rings. The fourth-order valence-electron chi connectivity index (χ4n) is 1.72. The molecule has 0 fully saturated rings. The summed E-state index contributed by atoms with van der Waals surface area (Å²) in [5, 5.41) is 12.6. The van der Waals surface area contributed by atoms with E-state index in [-0.39, 0.29) is 17.2 Å². The number of hydrogen-bond donors (Lipinski definition) is 2. The Labute approximate surface area is 112 Å². The molecule has 19 heavy (non-hydrogen) atoms. The molecule has 2 N–H and O–H groups in total. The van der Waals surface area contributed by atoms with Gasteiger partial charge in [-0.25, -0.2) is 9.78 Å². The lowest BCUT2D eigenvalue weighted by molar-refractivity contribution is 0.0690. The van der Waals surface area contributed by atoms with E-state index in [0.717, 1.165) is 0 Å². The number of hydrogen-bond acceptors (Lipinski definition) is 3. The van der Waals surface area contributed by atoms with Gasteiger partial charge in [0.25, 0.3) is 0 Å². The van der Waals surface area contributed by atoms with Crippen molar-refractivity contribution in [2.24, 2.45) is 5.41 Å². The minimum Gasteiger partial charge on any atom is -0.476 e. The number of carbonyl (C=O) groups is 1. The van der Waals surface area contributed by atoms with Crippen molar-refractivity contribution in [2.45, 2.75) is 33.7 Å². The molecular weight excluding hydrogens is 242 g/mol. The Morgan fingerprint density at radius 1 is 1.42 bits per heavy atom. The van der Waals surface area contributed by atoms with Crippen LogP contribution >= 0.6 is 0 Å². The molecule has 0 aliphatic rings. The molecule has 2 rings (SSSR count). The zero-order valence-electron chi connectivity index (χ0n) is 11.6. The average Bonchev–Trinajstić information content (AvgIpc) is 2.65. The molecule has 0 bridgehead atoms. The molecule has 5 heteroatoms. The Morgan fingerprint density at radius 2 is 2.11 bits per heavy atom. The van der Waals surface area contributed by atoms with Crippen molar-refractivity contribution in [1.82, 2.24) is 9.38 Å². The number of imidazole rings is 1. The van der Waals surface area contributed by atoms with Crippen LogP contribution in [0.15, 0.2) is 24.4 Å². The van der Waals surface area contributed by atoms with E-state index < -0.39 is 5.97 Å². The van der Waals surface area contributed by atoms with Crippen LogP contribution < -0.4 is 5.32 Å². The van der Waals surface area contributed by atoms with E-state index in [0.29, 0.717) is 11.5 Å². The highest BCUT2D eigenvalue weighted by atomic mass is 16.4. The minimum atomic E-state index is -0.984. The fourth-order valence-corrected chi connectivity index (χ4v) is 1.72. The Kier molecular flexibility index (Phi) is 3.22. The van der Waals surface area contributed by atoms with Crippen molar-refractivity contribution in [3.8, 4) is 0 Å². The summed E-state index contributed by atoms with van der Waals surface area (Å²) in [5.41, 5.74) is 0.821. The topological polar surface area (TPSA) is 66.6 Å². The van der Waals surface area contributed by atoms with Crippen LogP contribution in [0.3, 0.4) is 0 Å². The van der Waals surface area contributed by atoms with Gasteiger partial charge in [0.15, 0.2) is 11.5 Å². The van der Waals surface area contributed by atoms with Crippen molar-refractivity contribution in [3.05, 3.63) is 30.1 Å². The van der Waals surface area contributed by atoms with Gasteiger partial charge in [-0.1, -0.05) is 26.8 Å². The van der Waals surface area contributed by atoms with E-state index >= 15 is 0 Å². The summed E-state index contributed by atoms with van der Waals surface area (Å²) in [6.07, 6.45) is 1.71. The first-order valence-electron chi connectivity index (χ1n) is 6.27. The number of pyridine rings is 1. The Hall–Kier alpha value is -2.04. The van der Waals surface area contributed by atoms with E-state index in [1.165, 1.54) is 0 Å². The van der Waals surface area contributed by atoms with Gasteiger partial charge >= 0.3 is 5.97 Å². The van der Waals surface area contributed by atoms with Crippen molar-refractivity contribution >= 4 is 17.4 Å². The molecule has 5 nitrogen and oxygen atoms in total. The molecule has 2 heterocycles. The summed E-state index contributed by atoms with van der Waals surface area (Å²) in [4.78, 5) is 15.8. The second-order valence-corrected chi connectivity index (χ2v) is 5.78. The molecule has 0 radical (unpaired) electrons. The number of nitrogens with zero attached hydrogens (tertiary/aromatic N) is 2. The molecule has 0 aliphatic carbocycles. The summed E-state index contributed by atoms with van der Waals surface area (Å²) < 4.78 is 1.58. The number of aromatic carboxylic acids is 1. The van der Waals surface area contributed by atoms with E-state index in [2.05, 4.69) is 31.1 Å². The fraction of sp³-hybridized carbons (Fsp3) is 0.429. The van der Waals surface area contributed by atoms with Crippen molar-refractivity contribution in [3.63, 3.8) is 0 Å². The molecule has 102 valence electrons. The third-order valence-corrected chi connectivity index (χ3v) is 3.38. The number of aromatic nitrogens is 2. The van der Waals surface area contributed by atoms with Crippen LogP contribution in [-0.4, -0.2) is 26.5 Å². The van der Waals surface area contributed by atoms with Crippen LogP contribution in [-0.2, 0) is 0 Å². The number of nitrogens with one attached hydrogen (secondary N) is 1. The number of carboxylic acid groups (broad SMARTS) is 1. The maximum Gasteiger partial charge on any atom is 0.356 e. The number of anilines is 1. The second-order valence-electron chi connectivity index (χ2n) is 5.78. The van der Waals surface area contributed by atoms with Crippen molar-refractivity contribution < 1.29 is 9.90 Å². The van der Waals surface area contributed by atoms with Crippen LogP contribution in [0, 0.1) is 5.41 Å². The highest BCUT2D eigenvalue weighted by Gasteiger charge is 2.24. The first-order valence-corrected chi connectivity index (χ1v) is 6.27. The number of rotatable bonds is 3. The zero-order valence-corrected chi connectivity index (χ0v) is 11.6. The third kappa shape index (κ3) is 2.54. The normalized spacial score (nSPS) is 13.5. The van der Waals surface area contributed by atoms with E-state index in [4.69, 9.17) is 0 Å². The highest BCUT2D eigenvalue weighted by molar-refractivity contribution is 5.93. The van der Waals surface area contributed by atoms with Gasteiger partial charge in [0.1, 0.15) is 5.65 Å². The lowest BCUT2D eigenvalue weighted by atomic mass is 9.88. The monoisotopic (exact) mass is 261 g/mol. The van der Waals surface area contributed by atoms with Gasteiger partial charge in [-0.05, 0) is 24.5 Å². The first-order chi connectivity index (χ1) is 8.80. The SMILES string of the molecule is CC(Nc1nc2ccccn2c1C(=O)O)C(C)(C)C. The molecule has 0 saturated carbocycles. The van der Waals surface area contributed by atoms with E-state index in [9.17, 15) is 9.90 Å². The van der Waals surface area contributed by atoms with Crippen LogP contribution in [0.25, 0.3) is 5.65 Å². The molecule has 0 spiro atoms. The van der Waals surface area contributed by atoms with Crippen LogP contribution in [0.4, 0.5) is 5.82 Å². The Bertz CT molecular complexity index is 611.